The second-order valence-corrected chi connectivity index (χ2v) is 4.99. The summed E-state index contributed by atoms with van der Waals surface area (Å²) >= 11 is 0. The Balaban J connectivity index is 2.00. The van der Waals surface area contributed by atoms with Crippen LogP contribution < -0.4 is 10.1 Å². The quantitative estimate of drug-likeness (QED) is 0.841. The van der Waals surface area contributed by atoms with Crippen LogP contribution in [-0.2, 0) is 9.53 Å². The van der Waals surface area contributed by atoms with Gasteiger partial charge in [-0.25, -0.2) is 4.39 Å². The van der Waals surface area contributed by atoms with Gasteiger partial charge in [0.2, 0.25) is 0 Å². The van der Waals surface area contributed by atoms with Gasteiger partial charge in [0.05, 0.1) is 6.61 Å². The highest BCUT2D eigenvalue weighted by molar-refractivity contribution is 5.81. The summed E-state index contributed by atoms with van der Waals surface area (Å²) in [7, 11) is 1.76. The van der Waals surface area contributed by atoms with Crippen molar-refractivity contribution in [1.29, 1.82) is 0 Å². The van der Waals surface area contributed by atoms with Crippen LogP contribution in [0.5, 0.6) is 5.75 Å². The maximum Gasteiger partial charge on any atom is 0.326 e. The lowest BCUT2D eigenvalue weighted by molar-refractivity contribution is -0.151. The Morgan fingerprint density at radius 1 is 1.45 bits per heavy atom. The van der Waals surface area contributed by atoms with Crippen LogP contribution in [-0.4, -0.2) is 31.3 Å². The molecule has 20 heavy (non-hydrogen) atoms. The predicted molar refractivity (Wildman–Crippen MR) is 73.1 cm³/mol. The predicted octanol–water partition coefficient (Wildman–Crippen LogP) is 2.28. The van der Waals surface area contributed by atoms with Crippen molar-refractivity contribution in [2.24, 2.45) is 0 Å². The van der Waals surface area contributed by atoms with Gasteiger partial charge in [0.15, 0.2) is 0 Å². The third-order valence-electron chi connectivity index (χ3n) is 3.73. The molecule has 1 saturated carbocycles. The number of hydrogen-bond acceptors (Lipinski definition) is 4. The van der Waals surface area contributed by atoms with Crippen LogP contribution in [0, 0.1) is 5.82 Å². The Morgan fingerprint density at radius 2 is 2.15 bits per heavy atom. The van der Waals surface area contributed by atoms with E-state index in [0.29, 0.717) is 25.2 Å². The number of carbonyl (C=O) groups is 1. The second-order valence-electron chi connectivity index (χ2n) is 4.99. The summed E-state index contributed by atoms with van der Waals surface area (Å²) in [6.07, 6.45) is 1.92. The summed E-state index contributed by atoms with van der Waals surface area (Å²) < 4.78 is 23.8. The molecule has 0 amide bonds. The minimum Gasteiger partial charge on any atom is -0.490 e. The lowest BCUT2D eigenvalue weighted by atomic mass is 9.98. The van der Waals surface area contributed by atoms with Gasteiger partial charge in [-0.05, 0) is 51.1 Å². The highest BCUT2D eigenvalue weighted by Gasteiger charge is 2.46. The fraction of sp³-hybridized carbons (Fsp3) is 0.533. The fourth-order valence-corrected chi connectivity index (χ4v) is 2.59. The average molecular weight is 281 g/mol. The smallest absolute Gasteiger partial charge is 0.326 e. The van der Waals surface area contributed by atoms with E-state index in [2.05, 4.69) is 5.32 Å². The number of benzene rings is 1. The highest BCUT2D eigenvalue weighted by atomic mass is 19.1. The van der Waals surface area contributed by atoms with Crippen molar-refractivity contribution in [3.8, 4) is 5.75 Å². The molecule has 1 N–H and O–H groups in total. The lowest BCUT2D eigenvalue weighted by Crippen LogP contribution is -2.49. The zero-order chi connectivity index (χ0) is 14.6. The number of esters is 1. The third-order valence-corrected chi connectivity index (χ3v) is 3.73. The number of carbonyl (C=O) groups excluding carboxylic acids is 1. The standard InChI is InChI=1S/C15H20FNO3/c1-3-19-14(18)15(17-2)9-8-13(10-15)20-12-6-4-11(16)5-7-12/h4-7,13,17H,3,8-10H2,1-2H3. The van der Waals surface area contributed by atoms with Crippen LogP contribution in [0.3, 0.4) is 0 Å². The summed E-state index contributed by atoms with van der Waals surface area (Å²) in [4.78, 5) is 12.1. The molecule has 1 aliphatic carbocycles. The van der Waals surface area contributed by atoms with Crippen molar-refractivity contribution in [1.82, 2.24) is 5.32 Å². The molecule has 0 radical (unpaired) electrons. The molecule has 0 spiro atoms. The summed E-state index contributed by atoms with van der Waals surface area (Å²) in [5, 5.41) is 3.07. The molecule has 1 aromatic carbocycles. The van der Waals surface area contributed by atoms with Gasteiger partial charge in [0.1, 0.15) is 23.2 Å². The molecule has 1 aromatic rings. The monoisotopic (exact) mass is 281 g/mol. The number of hydrogen-bond donors (Lipinski definition) is 1. The van der Waals surface area contributed by atoms with E-state index >= 15 is 0 Å². The van der Waals surface area contributed by atoms with Crippen molar-refractivity contribution in [2.45, 2.75) is 37.8 Å². The van der Waals surface area contributed by atoms with Crippen LogP contribution in [0.4, 0.5) is 4.39 Å². The zero-order valence-corrected chi connectivity index (χ0v) is 11.8. The molecule has 0 saturated heterocycles. The Kier molecular flexibility index (Phi) is 4.60. The minimum atomic E-state index is -0.666. The minimum absolute atomic E-state index is 0.0719. The molecular formula is C15H20FNO3. The summed E-state index contributed by atoms with van der Waals surface area (Å²) in [5.74, 6) is 0.0970. The Labute approximate surface area is 118 Å². The van der Waals surface area contributed by atoms with Gasteiger partial charge in [0, 0.05) is 6.42 Å². The molecule has 1 fully saturated rings. The van der Waals surface area contributed by atoms with E-state index < -0.39 is 5.54 Å². The molecule has 2 atom stereocenters. The van der Waals surface area contributed by atoms with Gasteiger partial charge in [0.25, 0.3) is 0 Å². The van der Waals surface area contributed by atoms with E-state index in [1.807, 2.05) is 0 Å². The van der Waals surface area contributed by atoms with Crippen LogP contribution >= 0.6 is 0 Å². The molecule has 0 aromatic heterocycles. The fourth-order valence-electron chi connectivity index (χ4n) is 2.59. The first kappa shape index (κ1) is 14.8. The van der Waals surface area contributed by atoms with Crippen molar-refractivity contribution < 1.29 is 18.7 Å². The molecule has 0 bridgehead atoms. The van der Waals surface area contributed by atoms with E-state index in [4.69, 9.17) is 9.47 Å². The van der Waals surface area contributed by atoms with E-state index in [9.17, 15) is 9.18 Å². The van der Waals surface area contributed by atoms with Crippen LogP contribution in [0.25, 0.3) is 0 Å². The Morgan fingerprint density at radius 3 is 2.75 bits per heavy atom. The normalized spacial score (nSPS) is 25.4. The molecule has 0 heterocycles. The molecular weight excluding hydrogens is 261 g/mol. The van der Waals surface area contributed by atoms with E-state index in [1.54, 1.807) is 26.1 Å². The first-order valence-corrected chi connectivity index (χ1v) is 6.88. The first-order valence-electron chi connectivity index (χ1n) is 6.88. The number of ether oxygens (including phenoxy) is 2. The van der Waals surface area contributed by atoms with Crippen molar-refractivity contribution in [3.63, 3.8) is 0 Å². The lowest BCUT2D eigenvalue weighted by Gasteiger charge is -2.26. The molecule has 1 aliphatic rings. The third kappa shape index (κ3) is 3.10. The van der Waals surface area contributed by atoms with E-state index in [-0.39, 0.29) is 17.9 Å². The SMILES string of the molecule is CCOC(=O)C1(NC)CCC(Oc2ccc(F)cc2)C1. The largest absolute Gasteiger partial charge is 0.490 e. The summed E-state index contributed by atoms with van der Waals surface area (Å²) in [5.41, 5.74) is -0.666. The topological polar surface area (TPSA) is 47.6 Å². The zero-order valence-electron chi connectivity index (χ0n) is 11.8. The molecule has 2 unspecified atom stereocenters. The first-order chi connectivity index (χ1) is 9.59. The maximum atomic E-state index is 12.8. The molecule has 5 heteroatoms. The van der Waals surface area contributed by atoms with Gasteiger partial charge < -0.3 is 14.8 Å². The van der Waals surface area contributed by atoms with Gasteiger partial charge in [-0.1, -0.05) is 0 Å². The summed E-state index contributed by atoms with van der Waals surface area (Å²) in [6, 6.07) is 5.92. The Bertz CT molecular complexity index is 463. The van der Waals surface area contributed by atoms with Crippen LogP contribution in [0.1, 0.15) is 26.2 Å². The maximum absolute atomic E-state index is 12.8. The second kappa shape index (κ2) is 6.22. The summed E-state index contributed by atoms with van der Waals surface area (Å²) in [6.45, 7) is 2.16. The highest BCUT2D eigenvalue weighted by Crippen LogP contribution is 2.33. The molecule has 0 aliphatic heterocycles. The van der Waals surface area contributed by atoms with Crippen LogP contribution in [0.15, 0.2) is 24.3 Å². The van der Waals surface area contributed by atoms with E-state index in [0.717, 1.165) is 6.42 Å². The van der Waals surface area contributed by atoms with Crippen LogP contribution in [0.2, 0.25) is 0 Å². The van der Waals surface area contributed by atoms with Gasteiger partial charge in [-0.2, -0.15) is 0 Å². The molecule has 110 valence electrons. The van der Waals surface area contributed by atoms with Crippen molar-refractivity contribution in [3.05, 3.63) is 30.1 Å². The van der Waals surface area contributed by atoms with E-state index in [1.165, 1.54) is 12.1 Å². The number of halogens is 1. The van der Waals surface area contributed by atoms with Crippen molar-refractivity contribution in [2.75, 3.05) is 13.7 Å². The Hall–Kier alpha value is -1.62. The average Bonchev–Trinajstić information content (AvgIpc) is 2.86. The number of likely N-dealkylation sites (N-methyl/N-ethyl adjacent to an activating group) is 1. The van der Waals surface area contributed by atoms with Gasteiger partial charge in [-0.3, -0.25) is 4.79 Å². The number of rotatable bonds is 5. The number of nitrogens with one attached hydrogen (secondary N) is 1. The van der Waals surface area contributed by atoms with Crippen molar-refractivity contribution >= 4 is 5.97 Å². The molecule has 2 rings (SSSR count). The molecule has 4 nitrogen and oxygen atoms in total. The van der Waals surface area contributed by atoms with Gasteiger partial charge in [-0.15, -0.1) is 0 Å². The van der Waals surface area contributed by atoms with Gasteiger partial charge >= 0.3 is 5.97 Å².